The number of aromatic nitrogens is 3. The first-order valence-corrected chi connectivity index (χ1v) is 8.59. The Morgan fingerprint density at radius 1 is 1.36 bits per heavy atom. The number of hydrogen-bond acceptors (Lipinski definition) is 5. The number of thioether (sulfide) groups is 1. The second kappa shape index (κ2) is 7.15. The molecule has 0 bridgehead atoms. The summed E-state index contributed by atoms with van der Waals surface area (Å²) in [4.78, 5) is 12.1. The molecule has 0 saturated heterocycles. The summed E-state index contributed by atoms with van der Waals surface area (Å²) in [5.41, 5.74) is 2.87. The Bertz CT molecular complexity index is 678. The van der Waals surface area contributed by atoms with E-state index >= 15 is 0 Å². The summed E-state index contributed by atoms with van der Waals surface area (Å²) >= 11 is 4.71. The number of nitrogens with two attached hydrogens (primary N) is 1. The highest BCUT2D eigenvalue weighted by molar-refractivity contribution is 9.10. The topological polar surface area (TPSA) is 85.8 Å². The molecule has 0 aliphatic carbocycles. The minimum absolute atomic E-state index is 0.0976. The van der Waals surface area contributed by atoms with Crippen LogP contribution < -0.4 is 11.2 Å². The highest BCUT2D eigenvalue weighted by Crippen LogP contribution is 2.25. The summed E-state index contributed by atoms with van der Waals surface area (Å²) in [6.45, 7) is 5.88. The second-order valence-corrected chi connectivity index (χ2v) is 6.73. The number of nitrogens with zero attached hydrogens (tertiary/aromatic N) is 3. The number of aryl methyl sites for hydroxylation is 3. The van der Waals surface area contributed by atoms with Crippen LogP contribution in [0, 0.1) is 13.8 Å². The van der Waals surface area contributed by atoms with Crippen molar-refractivity contribution >= 4 is 39.3 Å². The Kier molecular flexibility index (Phi) is 5.47. The van der Waals surface area contributed by atoms with Crippen molar-refractivity contribution in [2.75, 3.05) is 16.9 Å². The minimum Gasteiger partial charge on any atom is -0.336 e. The number of halogens is 1. The van der Waals surface area contributed by atoms with E-state index in [0.29, 0.717) is 17.4 Å². The van der Waals surface area contributed by atoms with Gasteiger partial charge in [0, 0.05) is 16.6 Å². The molecule has 22 heavy (non-hydrogen) atoms. The van der Waals surface area contributed by atoms with Crippen molar-refractivity contribution in [1.82, 2.24) is 14.9 Å². The first kappa shape index (κ1) is 16.8. The van der Waals surface area contributed by atoms with E-state index in [1.165, 1.54) is 16.4 Å². The summed E-state index contributed by atoms with van der Waals surface area (Å²) in [5, 5.41) is 11.4. The number of benzene rings is 1. The Morgan fingerprint density at radius 2 is 2.00 bits per heavy atom. The molecule has 1 aromatic carbocycles. The van der Waals surface area contributed by atoms with Crippen LogP contribution >= 0.6 is 27.7 Å². The van der Waals surface area contributed by atoms with Gasteiger partial charge in [0.25, 0.3) is 0 Å². The fourth-order valence-electron chi connectivity index (χ4n) is 2.06. The molecule has 0 spiro atoms. The lowest BCUT2D eigenvalue weighted by Gasteiger charge is -2.12. The van der Waals surface area contributed by atoms with Crippen LogP contribution in [0.15, 0.2) is 21.8 Å². The van der Waals surface area contributed by atoms with Gasteiger partial charge in [-0.3, -0.25) is 4.79 Å². The summed E-state index contributed by atoms with van der Waals surface area (Å²) in [7, 11) is 0. The van der Waals surface area contributed by atoms with Crippen LogP contribution in [0.5, 0.6) is 0 Å². The molecular formula is C14H18BrN5OS. The van der Waals surface area contributed by atoms with Crippen LogP contribution in [-0.4, -0.2) is 26.5 Å². The zero-order chi connectivity index (χ0) is 16.3. The van der Waals surface area contributed by atoms with E-state index in [-0.39, 0.29) is 11.7 Å². The molecule has 0 saturated carbocycles. The van der Waals surface area contributed by atoms with Gasteiger partial charge < -0.3 is 11.2 Å². The number of anilines is 1. The Hall–Kier alpha value is -1.54. The maximum atomic E-state index is 12.1. The highest BCUT2D eigenvalue weighted by Gasteiger charge is 2.13. The fourth-order valence-corrected chi connectivity index (χ4v) is 3.42. The first-order chi connectivity index (χ1) is 10.4. The summed E-state index contributed by atoms with van der Waals surface area (Å²) < 4.78 is 2.42. The zero-order valence-electron chi connectivity index (χ0n) is 12.7. The van der Waals surface area contributed by atoms with E-state index in [0.717, 1.165) is 21.3 Å². The van der Waals surface area contributed by atoms with Crippen molar-refractivity contribution in [3.8, 4) is 0 Å². The SMILES string of the molecule is CCc1nnc(SCC(=O)Nc2c(C)cc(Br)cc2C)n1N. The molecule has 3 N–H and O–H groups in total. The predicted molar refractivity (Wildman–Crippen MR) is 92.5 cm³/mol. The molecule has 2 aromatic rings. The van der Waals surface area contributed by atoms with Crippen molar-refractivity contribution in [2.24, 2.45) is 0 Å². The van der Waals surface area contributed by atoms with E-state index in [1.54, 1.807) is 0 Å². The normalized spacial score (nSPS) is 10.7. The Labute approximate surface area is 142 Å². The number of carbonyl (C=O) groups excluding carboxylic acids is 1. The summed E-state index contributed by atoms with van der Waals surface area (Å²) in [6, 6.07) is 3.94. The van der Waals surface area contributed by atoms with Gasteiger partial charge in [-0.25, -0.2) is 4.68 Å². The van der Waals surface area contributed by atoms with E-state index in [1.807, 2.05) is 32.9 Å². The predicted octanol–water partition coefficient (Wildman–Crippen LogP) is 2.66. The van der Waals surface area contributed by atoms with Crippen molar-refractivity contribution in [3.05, 3.63) is 33.6 Å². The Morgan fingerprint density at radius 3 is 2.55 bits per heavy atom. The van der Waals surface area contributed by atoms with Crippen molar-refractivity contribution in [3.63, 3.8) is 0 Å². The molecule has 8 heteroatoms. The molecule has 2 rings (SSSR count). The molecule has 1 heterocycles. The highest BCUT2D eigenvalue weighted by atomic mass is 79.9. The van der Waals surface area contributed by atoms with Gasteiger partial charge in [-0.15, -0.1) is 10.2 Å². The molecule has 1 amide bonds. The number of nitrogen functional groups attached to an aromatic ring is 1. The molecule has 118 valence electrons. The standard InChI is InChI=1S/C14H18BrN5OS/c1-4-11-18-19-14(20(11)16)22-7-12(21)17-13-8(2)5-10(15)6-9(13)3/h5-6H,4,7,16H2,1-3H3,(H,17,21). The van der Waals surface area contributed by atoms with Gasteiger partial charge in [-0.05, 0) is 37.1 Å². The van der Waals surface area contributed by atoms with Crippen LogP contribution in [0.25, 0.3) is 0 Å². The zero-order valence-corrected chi connectivity index (χ0v) is 15.1. The van der Waals surface area contributed by atoms with Gasteiger partial charge in [-0.1, -0.05) is 34.6 Å². The van der Waals surface area contributed by atoms with E-state index in [9.17, 15) is 4.79 Å². The number of rotatable bonds is 5. The lowest BCUT2D eigenvalue weighted by Crippen LogP contribution is -2.18. The second-order valence-electron chi connectivity index (χ2n) is 4.87. The first-order valence-electron chi connectivity index (χ1n) is 6.81. The minimum atomic E-state index is -0.0976. The van der Waals surface area contributed by atoms with E-state index < -0.39 is 0 Å². The quantitative estimate of drug-likeness (QED) is 0.612. The molecule has 0 atom stereocenters. The van der Waals surface area contributed by atoms with Gasteiger partial charge in [0.1, 0.15) is 0 Å². The van der Waals surface area contributed by atoms with Gasteiger partial charge in [0.2, 0.25) is 11.1 Å². The third kappa shape index (κ3) is 3.80. The van der Waals surface area contributed by atoms with Gasteiger partial charge in [0.05, 0.1) is 5.75 Å². The van der Waals surface area contributed by atoms with Crippen molar-refractivity contribution in [2.45, 2.75) is 32.3 Å². The largest absolute Gasteiger partial charge is 0.336 e. The lowest BCUT2D eigenvalue weighted by molar-refractivity contribution is -0.113. The van der Waals surface area contributed by atoms with E-state index in [4.69, 9.17) is 5.84 Å². The number of carbonyl (C=O) groups is 1. The molecule has 0 unspecified atom stereocenters. The molecule has 0 fully saturated rings. The third-order valence-corrected chi connectivity index (χ3v) is 4.55. The monoisotopic (exact) mass is 383 g/mol. The summed E-state index contributed by atoms with van der Waals surface area (Å²) in [6.07, 6.45) is 0.702. The number of nitrogens with one attached hydrogen (secondary N) is 1. The third-order valence-electron chi connectivity index (χ3n) is 3.15. The lowest BCUT2D eigenvalue weighted by atomic mass is 10.1. The van der Waals surface area contributed by atoms with Crippen LogP contribution in [0.3, 0.4) is 0 Å². The smallest absolute Gasteiger partial charge is 0.234 e. The van der Waals surface area contributed by atoms with Gasteiger partial charge >= 0.3 is 0 Å². The number of amides is 1. The van der Waals surface area contributed by atoms with Crippen LogP contribution in [0.1, 0.15) is 23.9 Å². The average Bonchev–Trinajstić information content (AvgIpc) is 2.81. The van der Waals surface area contributed by atoms with Gasteiger partial charge in [-0.2, -0.15) is 0 Å². The Balaban J connectivity index is 2.00. The molecule has 1 aromatic heterocycles. The molecule has 0 aliphatic rings. The van der Waals surface area contributed by atoms with Crippen LogP contribution in [0.2, 0.25) is 0 Å². The molecule has 0 radical (unpaired) electrons. The van der Waals surface area contributed by atoms with Crippen molar-refractivity contribution in [1.29, 1.82) is 0 Å². The van der Waals surface area contributed by atoms with Crippen LogP contribution in [-0.2, 0) is 11.2 Å². The molecular weight excluding hydrogens is 366 g/mol. The molecule has 6 nitrogen and oxygen atoms in total. The van der Waals surface area contributed by atoms with E-state index in [2.05, 4.69) is 31.4 Å². The molecule has 0 aliphatic heterocycles. The average molecular weight is 384 g/mol. The maximum absolute atomic E-state index is 12.1. The fraction of sp³-hybridized carbons (Fsp3) is 0.357. The summed E-state index contributed by atoms with van der Waals surface area (Å²) in [5.74, 6) is 6.68. The van der Waals surface area contributed by atoms with Crippen LogP contribution in [0.4, 0.5) is 5.69 Å². The van der Waals surface area contributed by atoms with Crippen molar-refractivity contribution < 1.29 is 4.79 Å². The maximum Gasteiger partial charge on any atom is 0.234 e. The van der Waals surface area contributed by atoms with Gasteiger partial charge in [0.15, 0.2) is 5.82 Å². The number of hydrogen-bond donors (Lipinski definition) is 2.